The van der Waals surface area contributed by atoms with E-state index in [1.165, 1.54) is 5.56 Å². The van der Waals surface area contributed by atoms with E-state index in [9.17, 15) is 4.79 Å². The van der Waals surface area contributed by atoms with E-state index in [0.29, 0.717) is 0 Å². The summed E-state index contributed by atoms with van der Waals surface area (Å²) in [6.07, 6.45) is 0. The molecular formula is C31H24O2. The Morgan fingerprint density at radius 3 is 1.30 bits per heavy atom. The van der Waals surface area contributed by atoms with Gasteiger partial charge in [-0.3, -0.25) is 4.79 Å². The maximum absolute atomic E-state index is 14.1. The van der Waals surface area contributed by atoms with E-state index in [1.54, 1.807) is 7.11 Å². The zero-order chi connectivity index (χ0) is 22.8. The van der Waals surface area contributed by atoms with Crippen LogP contribution in [0.1, 0.15) is 27.8 Å². The minimum Gasteiger partial charge on any atom is -0.497 e. The number of hydrogen-bond acceptors (Lipinski definition) is 2. The fourth-order valence-electron chi connectivity index (χ4n) is 4.42. The van der Waals surface area contributed by atoms with Crippen molar-refractivity contribution in [1.29, 1.82) is 0 Å². The van der Waals surface area contributed by atoms with Gasteiger partial charge in [0.05, 0.1) is 7.11 Å². The average Bonchev–Trinajstić information content (AvgIpc) is 3.18. The molecule has 1 aliphatic rings. The molecule has 2 nitrogen and oxygen atoms in total. The number of allylic oxidation sites excluding steroid dienone is 4. The molecule has 0 aliphatic heterocycles. The third-order valence-electron chi connectivity index (χ3n) is 6.05. The number of hydrogen-bond donors (Lipinski definition) is 0. The van der Waals surface area contributed by atoms with Crippen LogP contribution in [-0.4, -0.2) is 12.9 Å². The summed E-state index contributed by atoms with van der Waals surface area (Å²) in [5, 5.41) is 0. The van der Waals surface area contributed by atoms with Crippen LogP contribution in [0.2, 0.25) is 0 Å². The fourth-order valence-corrected chi connectivity index (χ4v) is 4.42. The predicted molar refractivity (Wildman–Crippen MR) is 136 cm³/mol. The highest BCUT2D eigenvalue weighted by molar-refractivity contribution is 6.59. The van der Waals surface area contributed by atoms with E-state index >= 15 is 0 Å². The summed E-state index contributed by atoms with van der Waals surface area (Å²) < 4.78 is 5.38. The summed E-state index contributed by atoms with van der Waals surface area (Å²) in [5.74, 6) is 0.836. The van der Waals surface area contributed by atoms with Crippen LogP contribution in [-0.2, 0) is 4.79 Å². The first kappa shape index (κ1) is 20.7. The summed E-state index contributed by atoms with van der Waals surface area (Å²) in [6.45, 7) is 2.08. The lowest BCUT2D eigenvalue weighted by atomic mass is 9.89. The Hall–Kier alpha value is -4.17. The van der Waals surface area contributed by atoms with Gasteiger partial charge in [-0.1, -0.05) is 103 Å². The second-order valence-corrected chi connectivity index (χ2v) is 8.16. The van der Waals surface area contributed by atoms with Gasteiger partial charge in [-0.2, -0.15) is 0 Å². The molecule has 0 N–H and O–H groups in total. The van der Waals surface area contributed by atoms with Crippen LogP contribution < -0.4 is 4.74 Å². The molecule has 0 radical (unpaired) electrons. The molecule has 0 amide bonds. The Labute approximate surface area is 194 Å². The van der Waals surface area contributed by atoms with E-state index in [2.05, 4.69) is 31.2 Å². The van der Waals surface area contributed by atoms with Gasteiger partial charge in [0.25, 0.3) is 0 Å². The second-order valence-electron chi connectivity index (χ2n) is 8.16. The van der Waals surface area contributed by atoms with Gasteiger partial charge in [-0.25, -0.2) is 0 Å². The molecule has 0 fully saturated rings. The largest absolute Gasteiger partial charge is 0.497 e. The molecule has 5 rings (SSSR count). The highest BCUT2D eigenvalue weighted by atomic mass is 16.5. The molecule has 1 aliphatic carbocycles. The van der Waals surface area contributed by atoms with Gasteiger partial charge in [-0.05, 0) is 41.3 Å². The summed E-state index contributed by atoms with van der Waals surface area (Å²) >= 11 is 0. The molecule has 160 valence electrons. The Kier molecular flexibility index (Phi) is 5.50. The number of benzene rings is 4. The summed E-state index contributed by atoms with van der Waals surface area (Å²) in [4.78, 5) is 14.1. The number of aryl methyl sites for hydroxylation is 1. The van der Waals surface area contributed by atoms with Crippen molar-refractivity contribution in [1.82, 2.24) is 0 Å². The quantitative estimate of drug-likeness (QED) is 0.339. The topological polar surface area (TPSA) is 26.3 Å². The molecule has 0 aromatic heterocycles. The van der Waals surface area contributed by atoms with Crippen molar-refractivity contribution in [2.45, 2.75) is 6.92 Å². The standard InChI is InChI=1S/C31H24O2/c1-21-13-15-24(16-14-21)27-28(25-17-19-26(33-2)20-18-25)30(23-11-7-4-8-12-23)31(32)29(27)22-9-5-3-6-10-22/h3-20H,1-2H3. The average molecular weight is 429 g/mol. The number of ether oxygens (including phenoxy) is 1. The lowest BCUT2D eigenvalue weighted by Crippen LogP contribution is -2.01. The minimum atomic E-state index is 0.0498. The zero-order valence-corrected chi connectivity index (χ0v) is 18.7. The first-order chi connectivity index (χ1) is 16.2. The van der Waals surface area contributed by atoms with Gasteiger partial charge >= 0.3 is 0 Å². The van der Waals surface area contributed by atoms with E-state index in [1.807, 2.05) is 84.9 Å². The van der Waals surface area contributed by atoms with Crippen molar-refractivity contribution in [3.05, 3.63) is 137 Å². The normalized spacial score (nSPS) is 13.6. The fraction of sp³-hybridized carbons (Fsp3) is 0.0645. The highest BCUT2D eigenvalue weighted by Gasteiger charge is 2.35. The molecule has 0 bridgehead atoms. The van der Waals surface area contributed by atoms with Crippen molar-refractivity contribution < 1.29 is 9.53 Å². The van der Waals surface area contributed by atoms with Gasteiger partial charge in [0, 0.05) is 22.3 Å². The van der Waals surface area contributed by atoms with E-state index in [4.69, 9.17) is 4.74 Å². The van der Waals surface area contributed by atoms with E-state index < -0.39 is 0 Å². The molecule has 0 heterocycles. The number of carbonyl (C=O) groups excluding carboxylic acids is 1. The molecule has 0 saturated carbocycles. The van der Waals surface area contributed by atoms with Crippen LogP contribution in [0.4, 0.5) is 0 Å². The van der Waals surface area contributed by atoms with Crippen molar-refractivity contribution in [3.63, 3.8) is 0 Å². The van der Waals surface area contributed by atoms with Crippen LogP contribution in [0.15, 0.2) is 109 Å². The van der Waals surface area contributed by atoms with Crippen molar-refractivity contribution in [2.24, 2.45) is 0 Å². The predicted octanol–water partition coefficient (Wildman–Crippen LogP) is 7.11. The molecule has 0 saturated heterocycles. The minimum absolute atomic E-state index is 0.0498. The monoisotopic (exact) mass is 428 g/mol. The first-order valence-corrected chi connectivity index (χ1v) is 11.0. The van der Waals surface area contributed by atoms with Crippen molar-refractivity contribution in [3.8, 4) is 5.75 Å². The second kappa shape index (κ2) is 8.76. The molecule has 0 spiro atoms. The maximum atomic E-state index is 14.1. The highest BCUT2D eigenvalue weighted by Crippen LogP contribution is 2.49. The SMILES string of the molecule is COc1ccc(C2=C(c3ccccc3)C(=O)C(c3ccccc3)=C2c2ccc(C)cc2)cc1. The lowest BCUT2D eigenvalue weighted by molar-refractivity contribution is -0.108. The van der Waals surface area contributed by atoms with Crippen LogP contribution in [0.25, 0.3) is 22.3 Å². The first-order valence-electron chi connectivity index (χ1n) is 11.0. The molecule has 33 heavy (non-hydrogen) atoms. The summed E-state index contributed by atoms with van der Waals surface area (Å²) in [6, 6.07) is 36.3. The molecule has 2 heteroatoms. The number of Topliss-reactive ketones (excluding diaryl/α,β-unsaturated/α-hetero) is 1. The zero-order valence-electron chi connectivity index (χ0n) is 18.7. The van der Waals surface area contributed by atoms with Crippen LogP contribution >= 0.6 is 0 Å². The third kappa shape index (κ3) is 3.81. The van der Waals surface area contributed by atoms with Gasteiger partial charge in [0.15, 0.2) is 5.78 Å². The van der Waals surface area contributed by atoms with Gasteiger partial charge in [0.1, 0.15) is 5.75 Å². The number of methoxy groups -OCH3 is 1. The van der Waals surface area contributed by atoms with Crippen LogP contribution in [0.5, 0.6) is 5.75 Å². The molecule has 4 aromatic carbocycles. The Morgan fingerprint density at radius 2 is 0.879 bits per heavy atom. The van der Waals surface area contributed by atoms with E-state index in [0.717, 1.165) is 50.3 Å². The molecule has 0 atom stereocenters. The van der Waals surface area contributed by atoms with E-state index in [-0.39, 0.29) is 5.78 Å². The summed E-state index contributed by atoms with van der Waals surface area (Å²) in [7, 11) is 1.66. The van der Waals surface area contributed by atoms with Gasteiger partial charge < -0.3 is 4.74 Å². The molecular weight excluding hydrogens is 404 g/mol. The third-order valence-corrected chi connectivity index (χ3v) is 6.05. The Balaban J connectivity index is 1.85. The number of rotatable bonds is 5. The Bertz CT molecular complexity index is 1360. The lowest BCUT2D eigenvalue weighted by Gasteiger charge is -2.14. The summed E-state index contributed by atoms with van der Waals surface area (Å²) in [5.41, 5.74) is 8.45. The van der Waals surface area contributed by atoms with Crippen LogP contribution in [0, 0.1) is 6.92 Å². The van der Waals surface area contributed by atoms with Gasteiger partial charge in [-0.15, -0.1) is 0 Å². The van der Waals surface area contributed by atoms with Crippen molar-refractivity contribution >= 4 is 28.1 Å². The number of ketones is 1. The Morgan fingerprint density at radius 1 is 0.485 bits per heavy atom. The number of carbonyl (C=O) groups is 1. The smallest absolute Gasteiger partial charge is 0.195 e. The van der Waals surface area contributed by atoms with Crippen molar-refractivity contribution in [2.75, 3.05) is 7.11 Å². The molecule has 4 aromatic rings. The maximum Gasteiger partial charge on any atom is 0.195 e. The molecule has 0 unspecified atom stereocenters. The van der Waals surface area contributed by atoms with Crippen LogP contribution in [0.3, 0.4) is 0 Å². The van der Waals surface area contributed by atoms with Gasteiger partial charge in [0.2, 0.25) is 0 Å².